The predicted molar refractivity (Wildman–Crippen MR) is 78.7 cm³/mol. The Labute approximate surface area is 120 Å². The average molecular weight is 286 g/mol. The first kappa shape index (κ1) is 18.5. The molecule has 1 aliphatic rings. The van der Waals surface area contributed by atoms with E-state index in [2.05, 4.69) is 34.8 Å². The van der Waals surface area contributed by atoms with Gasteiger partial charge < -0.3 is 10.4 Å². The van der Waals surface area contributed by atoms with E-state index in [1.807, 2.05) is 6.92 Å². The van der Waals surface area contributed by atoms with Crippen LogP contribution < -0.4 is 10.6 Å². The van der Waals surface area contributed by atoms with Crippen molar-refractivity contribution in [3.8, 4) is 0 Å². The minimum absolute atomic E-state index is 0.139. The first-order valence-electron chi connectivity index (χ1n) is 6.47. The zero-order valence-electron chi connectivity index (χ0n) is 13.1. The molecule has 7 nitrogen and oxygen atoms in total. The number of ketones is 1. The third-order valence-corrected chi connectivity index (χ3v) is 3.37. The lowest BCUT2D eigenvalue weighted by molar-refractivity contribution is -0.111. The topological polar surface area (TPSA) is 106 Å². The highest BCUT2D eigenvalue weighted by Crippen LogP contribution is 2.19. The Kier molecular flexibility index (Phi) is 6.81. The van der Waals surface area contributed by atoms with Crippen LogP contribution in [0, 0.1) is 5.41 Å². The van der Waals surface area contributed by atoms with Gasteiger partial charge in [-0.2, -0.15) is 0 Å². The van der Waals surface area contributed by atoms with Crippen LogP contribution in [0.1, 0.15) is 41.5 Å². The van der Waals surface area contributed by atoms with Crippen LogP contribution in [0.15, 0.2) is 10.3 Å². The molecule has 116 valence electrons. The molecule has 0 bridgehead atoms. The molecular weight excluding hydrogens is 260 g/mol. The van der Waals surface area contributed by atoms with E-state index in [1.165, 1.54) is 13.8 Å². The molecule has 0 aliphatic carbocycles. The second-order valence-corrected chi connectivity index (χ2v) is 5.92. The van der Waals surface area contributed by atoms with Gasteiger partial charge >= 0.3 is 0 Å². The van der Waals surface area contributed by atoms with Gasteiger partial charge in [-0.05, 0) is 26.2 Å². The lowest BCUT2D eigenvalue weighted by Crippen LogP contribution is -2.67. The number of carbonyl (C=O) groups is 1. The molecule has 1 fully saturated rings. The summed E-state index contributed by atoms with van der Waals surface area (Å²) in [4.78, 5) is 10.1. The number of nitrogens with one attached hydrogen (secondary N) is 2. The van der Waals surface area contributed by atoms with Gasteiger partial charge in [0.05, 0.1) is 5.71 Å². The molecule has 0 aromatic carbocycles. The molecular formula is C13H26N4O3. The van der Waals surface area contributed by atoms with Crippen molar-refractivity contribution in [2.24, 2.45) is 15.7 Å². The molecule has 0 saturated carbocycles. The average Bonchev–Trinajstić information content (AvgIpc) is 2.41. The maximum Gasteiger partial charge on any atom is 0.177 e. The predicted octanol–water partition coefficient (Wildman–Crippen LogP) is 1.20. The molecule has 1 heterocycles. The monoisotopic (exact) mass is 286 g/mol. The molecule has 0 spiro atoms. The quantitative estimate of drug-likeness (QED) is 0.347. The van der Waals surface area contributed by atoms with Crippen molar-refractivity contribution in [1.82, 2.24) is 10.6 Å². The van der Waals surface area contributed by atoms with Crippen LogP contribution in [-0.4, -0.2) is 46.4 Å². The van der Waals surface area contributed by atoms with Gasteiger partial charge in [-0.1, -0.05) is 24.2 Å². The van der Waals surface area contributed by atoms with Gasteiger partial charge in [0.15, 0.2) is 5.78 Å². The number of hydrogen-bond donors (Lipinski definition) is 4. The van der Waals surface area contributed by atoms with E-state index in [0.717, 1.165) is 13.1 Å². The number of Topliss-reactive ketones (excluding diaryl/α,β-unsaturated/α-hetero) is 1. The van der Waals surface area contributed by atoms with E-state index >= 15 is 0 Å². The molecule has 0 amide bonds. The van der Waals surface area contributed by atoms with Gasteiger partial charge in [0.2, 0.25) is 0 Å². The molecule has 0 atom stereocenters. The maximum atomic E-state index is 10.1. The van der Waals surface area contributed by atoms with E-state index in [4.69, 9.17) is 10.4 Å². The Balaban J connectivity index is 0.000000441. The fraction of sp³-hybridized carbons (Fsp3) is 0.769. The number of nitrogens with zero attached hydrogens (tertiary/aromatic N) is 2. The smallest absolute Gasteiger partial charge is 0.177 e. The van der Waals surface area contributed by atoms with Crippen molar-refractivity contribution in [3.63, 3.8) is 0 Å². The molecule has 0 radical (unpaired) electrons. The highest BCUT2D eigenvalue weighted by molar-refractivity contribution is 6.37. The van der Waals surface area contributed by atoms with Crippen LogP contribution in [-0.2, 0) is 4.79 Å². The van der Waals surface area contributed by atoms with Crippen LogP contribution in [0.2, 0.25) is 0 Å². The Morgan fingerprint density at radius 3 is 1.70 bits per heavy atom. The summed E-state index contributed by atoms with van der Waals surface area (Å²) in [5, 5.41) is 29.1. The lowest BCUT2D eigenvalue weighted by Gasteiger charge is -2.43. The van der Waals surface area contributed by atoms with E-state index in [1.54, 1.807) is 6.92 Å². The van der Waals surface area contributed by atoms with E-state index in [9.17, 15) is 4.79 Å². The van der Waals surface area contributed by atoms with Crippen molar-refractivity contribution in [2.75, 3.05) is 13.1 Å². The summed E-state index contributed by atoms with van der Waals surface area (Å²) in [5.41, 5.74) is 0.711. The Bertz CT molecular complexity index is 392. The molecule has 20 heavy (non-hydrogen) atoms. The summed E-state index contributed by atoms with van der Waals surface area (Å²) >= 11 is 0. The van der Waals surface area contributed by atoms with Crippen molar-refractivity contribution < 1.29 is 15.2 Å². The number of oxime groups is 2. The number of hydrogen-bond acceptors (Lipinski definition) is 7. The lowest BCUT2D eigenvalue weighted by atomic mass is 9.88. The number of carbonyl (C=O) groups excluding carboxylic acids is 1. The fourth-order valence-corrected chi connectivity index (χ4v) is 1.38. The van der Waals surface area contributed by atoms with Gasteiger partial charge in [0.25, 0.3) is 0 Å². The van der Waals surface area contributed by atoms with Crippen LogP contribution in [0.25, 0.3) is 0 Å². The Morgan fingerprint density at radius 2 is 1.45 bits per heavy atom. The summed E-state index contributed by atoms with van der Waals surface area (Å²) in [7, 11) is 0. The molecule has 0 aromatic heterocycles. The van der Waals surface area contributed by atoms with Crippen molar-refractivity contribution in [2.45, 2.75) is 47.2 Å². The normalized spacial score (nSPS) is 21.7. The van der Waals surface area contributed by atoms with Crippen molar-refractivity contribution in [3.05, 3.63) is 0 Å². The van der Waals surface area contributed by atoms with Gasteiger partial charge in [0, 0.05) is 20.0 Å². The first-order valence-corrected chi connectivity index (χ1v) is 6.47. The molecule has 1 rings (SSSR count). The molecule has 1 saturated heterocycles. The summed E-state index contributed by atoms with van der Waals surface area (Å²) in [6.07, 6.45) is 0. The minimum atomic E-state index is -0.357. The third-order valence-electron chi connectivity index (χ3n) is 3.37. The summed E-state index contributed by atoms with van der Waals surface area (Å²) in [6.45, 7) is 12.8. The largest absolute Gasteiger partial charge is 0.411 e. The molecule has 0 unspecified atom stereocenters. The van der Waals surface area contributed by atoms with E-state index < -0.39 is 0 Å². The van der Waals surface area contributed by atoms with Crippen LogP contribution >= 0.6 is 0 Å². The Morgan fingerprint density at radius 1 is 1.00 bits per heavy atom. The van der Waals surface area contributed by atoms with Crippen molar-refractivity contribution >= 4 is 17.2 Å². The van der Waals surface area contributed by atoms with Crippen molar-refractivity contribution in [1.29, 1.82) is 0 Å². The van der Waals surface area contributed by atoms with Crippen LogP contribution in [0.3, 0.4) is 0 Å². The van der Waals surface area contributed by atoms with Gasteiger partial charge in [-0.15, -0.1) is 0 Å². The second-order valence-electron chi connectivity index (χ2n) is 5.92. The van der Waals surface area contributed by atoms with Gasteiger partial charge in [0.1, 0.15) is 11.4 Å². The third kappa shape index (κ3) is 5.66. The standard InChI is InChI=1S/C9H19N3O.C4H7NO2/c1-7(12-13)9(4)10-5-8(2,3)6-11-9;1-3(5-7)4(2)6/h10-11,13H,5-6H2,1-4H3;7H,1-2H3/b12-7+;5-3+. The van der Waals surface area contributed by atoms with Crippen LogP contribution in [0.5, 0.6) is 0 Å². The first-order chi connectivity index (χ1) is 9.08. The van der Waals surface area contributed by atoms with Gasteiger partial charge in [-0.25, -0.2) is 0 Å². The van der Waals surface area contributed by atoms with Crippen LogP contribution in [0.4, 0.5) is 0 Å². The van der Waals surface area contributed by atoms with E-state index in [-0.39, 0.29) is 22.6 Å². The highest BCUT2D eigenvalue weighted by Gasteiger charge is 2.36. The zero-order chi connectivity index (χ0) is 16.0. The highest BCUT2D eigenvalue weighted by atomic mass is 16.4. The fourth-order valence-electron chi connectivity index (χ4n) is 1.38. The summed E-state index contributed by atoms with van der Waals surface area (Å²) < 4.78 is 0. The molecule has 1 aliphatic heterocycles. The number of rotatable bonds is 2. The van der Waals surface area contributed by atoms with E-state index in [0.29, 0.717) is 5.71 Å². The zero-order valence-corrected chi connectivity index (χ0v) is 13.1. The molecule has 0 aromatic rings. The summed E-state index contributed by atoms with van der Waals surface area (Å²) in [5.74, 6) is -0.206. The minimum Gasteiger partial charge on any atom is -0.411 e. The Hall–Kier alpha value is -1.47. The second kappa shape index (κ2) is 7.35. The van der Waals surface area contributed by atoms with Gasteiger partial charge in [-0.3, -0.25) is 15.4 Å². The molecule has 4 N–H and O–H groups in total. The SMILES string of the molecule is C/C(=N\O)C1(C)NCC(C)(C)CN1.CC(=O)/C(C)=N/O. The molecule has 7 heteroatoms. The summed E-state index contributed by atoms with van der Waals surface area (Å²) in [6, 6.07) is 0. The maximum absolute atomic E-state index is 10.1.